The second-order valence-corrected chi connectivity index (χ2v) is 3.90. The summed E-state index contributed by atoms with van der Waals surface area (Å²) in [6.45, 7) is 2.84. The van der Waals surface area contributed by atoms with Gasteiger partial charge in [-0.2, -0.15) is 17.6 Å². The third kappa shape index (κ3) is 5.76. The van der Waals surface area contributed by atoms with Crippen LogP contribution in [0.15, 0.2) is 10.4 Å². The fourth-order valence-electron chi connectivity index (χ4n) is 0.862. The molecule has 1 atom stereocenters. The van der Waals surface area contributed by atoms with E-state index >= 15 is 0 Å². The molecule has 0 fully saturated rings. The molecule has 0 aromatic carbocycles. The first-order chi connectivity index (χ1) is 6.63. The fourth-order valence-corrected chi connectivity index (χ4v) is 2.01. The first-order valence-electron chi connectivity index (χ1n) is 4.10. The van der Waals surface area contributed by atoms with E-state index in [4.69, 9.17) is 11.5 Å². The van der Waals surface area contributed by atoms with E-state index in [2.05, 4.69) is 27.9 Å². The lowest BCUT2D eigenvalue weighted by Crippen LogP contribution is -2.21. The molecule has 1 rings (SSSR count). The van der Waals surface area contributed by atoms with Crippen LogP contribution in [0.5, 0.6) is 0 Å². The van der Waals surface area contributed by atoms with Crippen LogP contribution in [0.2, 0.25) is 0 Å². The van der Waals surface area contributed by atoms with Crippen LogP contribution in [0.25, 0.3) is 0 Å². The van der Waals surface area contributed by atoms with Gasteiger partial charge >= 0.3 is 0 Å². The van der Waals surface area contributed by atoms with Gasteiger partial charge in [-0.05, 0) is 6.54 Å². The summed E-state index contributed by atoms with van der Waals surface area (Å²) in [6.07, 6.45) is 0. The quantitative estimate of drug-likeness (QED) is 0.293. The molecule has 1 unspecified atom stereocenters. The molecule has 0 aliphatic heterocycles. The van der Waals surface area contributed by atoms with Crippen molar-refractivity contribution in [3.05, 3.63) is 11.1 Å². The van der Waals surface area contributed by atoms with E-state index in [1.165, 1.54) is 11.3 Å². The van der Waals surface area contributed by atoms with Crippen molar-refractivity contribution in [2.75, 3.05) is 6.54 Å². The van der Waals surface area contributed by atoms with Gasteiger partial charge in [-0.3, -0.25) is 0 Å². The summed E-state index contributed by atoms with van der Waals surface area (Å²) < 4.78 is 0. The second kappa shape index (κ2) is 8.89. The summed E-state index contributed by atoms with van der Waals surface area (Å²) in [5.74, 6) is 0.0186. The van der Waals surface area contributed by atoms with Crippen molar-refractivity contribution in [2.45, 2.75) is 12.3 Å². The van der Waals surface area contributed by atoms with Crippen LogP contribution >= 0.6 is 48.8 Å². The number of thiazole rings is 1. The summed E-state index contributed by atoms with van der Waals surface area (Å²) in [5, 5.41) is 5.49. The Morgan fingerprint density at radius 1 is 1.62 bits per heavy atom. The van der Waals surface area contributed by atoms with Crippen molar-refractivity contribution in [3.63, 3.8) is 0 Å². The topological polar surface area (TPSA) is 89.3 Å². The molecule has 0 amide bonds. The highest BCUT2D eigenvalue weighted by atomic mass is 35.5. The molecule has 0 aliphatic carbocycles. The largest absolute Gasteiger partial charge is 0.370 e. The minimum Gasteiger partial charge on any atom is -0.370 e. The smallest absolute Gasteiger partial charge is 0.212 e. The van der Waals surface area contributed by atoms with Crippen molar-refractivity contribution < 1.29 is 0 Å². The average molecular weight is 304 g/mol. The molecule has 0 aliphatic rings. The number of guanidine groups is 1. The van der Waals surface area contributed by atoms with Gasteiger partial charge in [0.05, 0.1) is 11.1 Å². The standard InChI is InChI=1S/C7H13N5S2.2ClH/c1-2-10-5(13)4-3-14-7(11-4)12-6(8)9;;/h3,5,10,13H,2H2,1H3,(H4,8,9,11,12);2*1H. The molecule has 0 spiro atoms. The van der Waals surface area contributed by atoms with Gasteiger partial charge in [0.25, 0.3) is 0 Å². The van der Waals surface area contributed by atoms with Gasteiger partial charge in [0.2, 0.25) is 5.13 Å². The number of hydrogen-bond donors (Lipinski definition) is 4. The van der Waals surface area contributed by atoms with Crippen LogP contribution in [0.3, 0.4) is 0 Å². The number of nitrogens with two attached hydrogens (primary N) is 2. The van der Waals surface area contributed by atoms with Gasteiger partial charge in [-0.1, -0.05) is 6.92 Å². The number of rotatable bonds is 4. The number of aromatic nitrogens is 1. The van der Waals surface area contributed by atoms with Gasteiger partial charge in [-0.15, -0.1) is 36.2 Å². The minimum atomic E-state index is -0.0702. The lowest BCUT2D eigenvalue weighted by atomic mass is 10.5. The highest BCUT2D eigenvalue weighted by Gasteiger charge is 2.08. The maximum atomic E-state index is 5.23. The fraction of sp³-hybridized carbons (Fsp3) is 0.429. The van der Waals surface area contributed by atoms with Crippen LogP contribution in [0.4, 0.5) is 5.13 Å². The molecule has 1 aromatic heterocycles. The molecular weight excluding hydrogens is 289 g/mol. The highest BCUT2D eigenvalue weighted by molar-refractivity contribution is 7.80. The van der Waals surface area contributed by atoms with Gasteiger partial charge in [0.1, 0.15) is 0 Å². The van der Waals surface area contributed by atoms with E-state index in [9.17, 15) is 0 Å². The Hall–Kier alpha value is -0.210. The Labute approximate surface area is 116 Å². The van der Waals surface area contributed by atoms with E-state index in [1.54, 1.807) is 0 Å². The Morgan fingerprint density at radius 3 is 2.75 bits per heavy atom. The maximum absolute atomic E-state index is 5.23. The normalized spacial score (nSPS) is 10.9. The molecule has 1 aromatic rings. The third-order valence-corrected chi connectivity index (χ3v) is 2.61. The molecule has 1 heterocycles. The minimum absolute atomic E-state index is 0. The number of nitrogens with zero attached hydrogens (tertiary/aromatic N) is 2. The van der Waals surface area contributed by atoms with Crippen molar-refractivity contribution in [2.24, 2.45) is 16.5 Å². The average Bonchev–Trinajstić information content (AvgIpc) is 2.52. The number of halogens is 2. The van der Waals surface area contributed by atoms with E-state index in [0.29, 0.717) is 5.13 Å². The first kappa shape index (κ1) is 18.2. The Kier molecular flexibility index (Phi) is 10.1. The molecule has 0 bridgehead atoms. The van der Waals surface area contributed by atoms with Crippen molar-refractivity contribution in [1.29, 1.82) is 0 Å². The van der Waals surface area contributed by atoms with Crippen LogP contribution in [-0.4, -0.2) is 17.5 Å². The molecule has 94 valence electrons. The number of aliphatic imine (C=N–C) groups is 1. The predicted molar refractivity (Wildman–Crippen MR) is 77.5 cm³/mol. The maximum Gasteiger partial charge on any atom is 0.212 e. The zero-order valence-electron chi connectivity index (χ0n) is 8.58. The first-order valence-corrected chi connectivity index (χ1v) is 5.49. The van der Waals surface area contributed by atoms with E-state index in [1.807, 2.05) is 12.3 Å². The van der Waals surface area contributed by atoms with E-state index < -0.39 is 0 Å². The lowest BCUT2D eigenvalue weighted by molar-refractivity contribution is 0.701. The molecular formula is C7H15Cl2N5S2. The highest BCUT2D eigenvalue weighted by Crippen LogP contribution is 2.24. The van der Waals surface area contributed by atoms with Crippen molar-refractivity contribution >= 4 is 59.9 Å². The Bertz CT molecular complexity index is 326. The van der Waals surface area contributed by atoms with E-state index in [0.717, 1.165) is 12.2 Å². The monoisotopic (exact) mass is 303 g/mol. The summed E-state index contributed by atoms with van der Waals surface area (Å²) >= 11 is 5.71. The zero-order chi connectivity index (χ0) is 10.6. The van der Waals surface area contributed by atoms with E-state index in [-0.39, 0.29) is 36.1 Å². The van der Waals surface area contributed by atoms with Crippen LogP contribution < -0.4 is 16.8 Å². The van der Waals surface area contributed by atoms with Crippen LogP contribution in [0.1, 0.15) is 18.0 Å². The Morgan fingerprint density at radius 2 is 2.25 bits per heavy atom. The SMILES string of the molecule is CCNC(S)c1csc(N=C(N)N)n1.Cl.Cl. The molecule has 0 radical (unpaired) electrons. The summed E-state index contributed by atoms with van der Waals surface area (Å²) in [4.78, 5) is 8.04. The van der Waals surface area contributed by atoms with Crippen LogP contribution in [-0.2, 0) is 0 Å². The summed E-state index contributed by atoms with van der Waals surface area (Å²) in [5.41, 5.74) is 11.3. The third-order valence-electron chi connectivity index (χ3n) is 1.41. The van der Waals surface area contributed by atoms with Gasteiger partial charge in [0, 0.05) is 5.38 Å². The van der Waals surface area contributed by atoms with Crippen LogP contribution in [0, 0.1) is 0 Å². The predicted octanol–water partition coefficient (Wildman–Crippen LogP) is 1.43. The number of thiol groups is 1. The van der Waals surface area contributed by atoms with Gasteiger partial charge < -0.3 is 16.8 Å². The van der Waals surface area contributed by atoms with Crippen molar-refractivity contribution in [1.82, 2.24) is 10.3 Å². The van der Waals surface area contributed by atoms with Crippen molar-refractivity contribution in [3.8, 4) is 0 Å². The number of hydrogen-bond acceptors (Lipinski definition) is 5. The van der Waals surface area contributed by atoms with Gasteiger partial charge in [0.15, 0.2) is 5.96 Å². The summed E-state index contributed by atoms with van der Waals surface area (Å²) in [7, 11) is 0. The molecule has 5 N–H and O–H groups in total. The summed E-state index contributed by atoms with van der Waals surface area (Å²) in [6, 6.07) is 0. The zero-order valence-corrected chi connectivity index (χ0v) is 11.9. The van der Waals surface area contributed by atoms with Gasteiger partial charge in [-0.25, -0.2) is 4.98 Å². The molecule has 0 saturated carbocycles. The molecule has 5 nitrogen and oxygen atoms in total. The second-order valence-electron chi connectivity index (χ2n) is 2.55. The lowest BCUT2D eigenvalue weighted by Gasteiger charge is -2.06. The molecule has 0 saturated heterocycles. The molecule has 16 heavy (non-hydrogen) atoms. The Balaban J connectivity index is 0. The number of nitrogens with one attached hydrogen (secondary N) is 1. The molecule has 9 heteroatoms.